The Morgan fingerprint density at radius 3 is 2.13 bits per heavy atom. The number of carbonyl (C=O) groups is 3. The highest BCUT2D eigenvalue weighted by molar-refractivity contribution is 5.94. The summed E-state index contributed by atoms with van der Waals surface area (Å²) in [5.74, 6) is -0.692. The van der Waals surface area contributed by atoms with Gasteiger partial charge in [-0.25, -0.2) is 4.39 Å². The number of nitrogens with zero attached hydrogens (tertiary/aromatic N) is 3. The molecule has 0 aliphatic carbocycles. The summed E-state index contributed by atoms with van der Waals surface area (Å²) in [4.78, 5) is 43.6. The molecule has 0 aromatic heterocycles. The van der Waals surface area contributed by atoms with E-state index < -0.39 is 0 Å². The third-order valence-corrected chi connectivity index (χ3v) is 6.26. The van der Waals surface area contributed by atoms with Gasteiger partial charge < -0.3 is 19.4 Å². The summed E-state index contributed by atoms with van der Waals surface area (Å²) in [5.41, 5.74) is 0.436. The minimum absolute atomic E-state index is 0.0355. The number of piperazine rings is 1. The van der Waals surface area contributed by atoms with Crippen LogP contribution in [0.2, 0.25) is 0 Å². The van der Waals surface area contributed by atoms with Gasteiger partial charge in [-0.05, 0) is 49.9 Å². The molecule has 1 aromatic carbocycles. The van der Waals surface area contributed by atoms with Crippen molar-refractivity contribution in [2.24, 2.45) is 5.92 Å². The third kappa shape index (κ3) is 4.48. The van der Waals surface area contributed by atoms with Crippen molar-refractivity contribution in [2.75, 3.05) is 45.9 Å². The molecule has 7 nitrogen and oxygen atoms in total. The van der Waals surface area contributed by atoms with Crippen LogP contribution in [0.4, 0.5) is 4.39 Å². The van der Waals surface area contributed by atoms with Gasteiger partial charge in [0.25, 0.3) is 11.8 Å². The van der Waals surface area contributed by atoms with E-state index in [0.717, 1.165) is 25.7 Å². The van der Waals surface area contributed by atoms with Crippen molar-refractivity contribution >= 4 is 17.7 Å². The average Bonchev–Trinajstić information content (AvgIpc) is 3.33. The van der Waals surface area contributed by atoms with E-state index in [2.05, 4.69) is 0 Å². The molecule has 0 saturated carbocycles. The molecule has 3 saturated heterocycles. The Morgan fingerprint density at radius 2 is 1.50 bits per heavy atom. The number of hydrogen-bond donors (Lipinski definition) is 0. The molecular weight excluding hydrogens is 389 g/mol. The van der Waals surface area contributed by atoms with Crippen molar-refractivity contribution in [1.82, 2.24) is 14.7 Å². The van der Waals surface area contributed by atoms with E-state index >= 15 is 0 Å². The lowest BCUT2D eigenvalue weighted by Crippen LogP contribution is -2.55. The van der Waals surface area contributed by atoms with Gasteiger partial charge >= 0.3 is 0 Å². The van der Waals surface area contributed by atoms with E-state index in [1.807, 2.05) is 4.90 Å². The molecular formula is C22H28FN3O4. The van der Waals surface area contributed by atoms with Crippen LogP contribution in [-0.4, -0.2) is 84.4 Å². The smallest absolute Gasteiger partial charge is 0.253 e. The van der Waals surface area contributed by atoms with E-state index in [1.165, 1.54) is 24.3 Å². The number of ether oxygens (including phenoxy) is 1. The zero-order chi connectivity index (χ0) is 21.1. The predicted octanol–water partition coefficient (Wildman–Crippen LogP) is 1.53. The summed E-state index contributed by atoms with van der Waals surface area (Å²) < 4.78 is 18.6. The van der Waals surface area contributed by atoms with Gasteiger partial charge in [-0.2, -0.15) is 0 Å². The van der Waals surface area contributed by atoms with Gasteiger partial charge in [-0.3, -0.25) is 14.4 Å². The Kier molecular flexibility index (Phi) is 6.32. The maximum absolute atomic E-state index is 13.1. The standard InChI is InChI=1S/C22H28FN3O4/c23-18-7-5-16(6-8-18)20(27)26-9-1-3-17(15-26)21(28)24-10-12-25(13-11-24)22(29)19-4-2-14-30-19/h5-8,17,19H,1-4,9-15H2. The number of piperidine rings is 1. The summed E-state index contributed by atoms with van der Waals surface area (Å²) in [5, 5.41) is 0. The molecule has 2 atom stereocenters. The summed E-state index contributed by atoms with van der Waals surface area (Å²) in [7, 11) is 0. The van der Waals surface area contributed by atoms with Crippen LogP contribution >= 0.6 is 0 Å². The first-order valence-electron chi connectivity index (χ1n) is 10.8. The molecule has 1 aromatic rings. The van der Waals surface area contributed by atoms with Crippen LogP contribution < -0.4 is 0 Å². The maximum Gasteiger partial charge on any atom is 0.253 e. The molecule has 4 rings (SSSR count). The monoisotopic (exact) mass is 417 g/mol. The Bertz CT molecular complexity index is 786. The SMILES string of the molecule is O=C(c1ccc(F)cc1)N1CCCC(C(=O)N2CCN(C(=O)C3CCCO3)CC2)C1. The molecule has 2 unspecified atom stereocenters. The second-order valence-corrected chi connectivity index (χ2v) is 8.25. The first-order valence-corrected chi connectivity index (χ1v) is 10.8. The summed E-state index contributed by atoms with van der Waals surface area (Å²) in [6.07, 6.45) is 2.89. The van der Waals surface area contributed by atoms with Crippen LogP contribution in [-0.2, 0) is 14.3 Å². The van der Waals surface area contributed by atoms with Crippen molar-refractivity contribution in [3.05, 3.63) is 35.6 Å². The lowest BCUT2D eigenvalue weighted by atomic mass is 9.95. The lowest BCUT2D eigenvalue weighted by molar-refractivity contribution is -0.147. The molecule has 3 aliphatic rings. The van der Waals surface area contributed by atoms with Crippen LogP contribution in [0, 0.1) is 11.7 Å². The Hall–Kier alpha value is -2.48. The fourth-order valence-electron chi connectivity index (χ4n) is 4.52. The molecule has 3 heterocycles. The van der Waals surface area contributed by atoms with Crippen LogP contribution in [0.1, 0.15) is 36.0 Å². The molecule has 0 N–H and O–H groups in total. The van der Waals surface area contributed by atoms with Gasteiger partial charge in [0.2, 0.25) is 5.91 Å². The quantitative estimate of drug-likeness (QED) is 0.748. The number of benzene rings is 1. The molecule has 162 valence electrons. The van der Waals surface area contributed by atoms with Crippen LogP contribution in [0.15, 0.2) is 24.3 Å². The molecule has 3 amide bonds. The number of halogens is 1. The molecule has 0 radical (unpaired) electrons. The van der Waals surface area contributed by atoms with E-state index in [1.54, 1.807) is 9.80 Å². The summed E-state index contributed by atoms with van der Waals surface area (Å²) >= 11 is 0. The zero-order valence-corrected chi connectivity index (χ0v) is 17.1. The van der Waals surface area contributed by atoms with Gasteiger partial charge in [0.15, 0.2) is 0 Å². The second-order valence-electron chi connectivity index (χ2n) is 8.25. The molecule has 0 spiro atoms. The van der Waals surface area contributed by atoms with Crippen molar-refractivity contribution < 1.29 is 23.5 Å². The highest BCUT2D eigenvalue weighted by Gasteiger charge is 2.35. The molecule has 0 bridgehead atoms. The minimum atomic E-state index is -0.379. The van der Waals surface area contributed by atoms with Crippen molar-refractivity contribution in [2.45, 2.75) is 31.8 Å². The Labute approximate surface area is 175 Å². The van der Waals surface area contributed by atoms with E-state index in [-0.39, 0.29) is 35.6 Å². The number of likely N-dealkylation sites (tertiary alicyclic amines) is 1. The van der Waals surface area contributed by atoms with Gasteiger partial charge in [0.1, 0.15) is 11.9 Å². The molecule has 30 heavy (non-hydrogen) atoms. The number of rotatable bonds is 3. The number of carbonyl (C=O) groups excluding carboxylic acids is 3. The fourth-order valence-corrected chi connectivity index (χ4v) is 4.52. The van der Waals surface area contributed by atoms with E-state index in [4.69, 9.17) is 4.74 Å². The van der Waals surface area contributed by atoms with Crippen LogP contribution in [0.3, 0.4) is 0 Å². The highest BCUT2D eigenvalue weighted by Crippen LogP contribution is 2.22. The van der Waals surface area contributed by atoms with E-state index in [0.29, 0.717) is 51.4 Å². The molecule has 3 fully saturated rings. The normalized spacial score (nSPS) is 24.8. The van der Waals surface area contributed by atoms with Gasteiger partial charge in [-0.1, -0.05) is 0 Å². The predicted molar refractivity (Wildman–Crippen MR) is 107 cm³/mol. The van der Waals surface area contributed by atoms with Crippen molar-refractivity contribution in [3.8, 4) is 0 Å². The van der Waals surface area contributed by atoms with Gasteiger partial charge in [0, 0.05) is 51.4 Å². The van der Waals surface area contributed by atoms with E-state index in [9.17, 15) is 18.8 Å². The van der Waals surface area contributed by atoms with Gasteiger partial charge in [-0.15, -0.1) is 0 Å². The number of hydrogen-bond acceptors (Lipinski definition) is 4. The molecule has 3 aliphatic heterocycles. The lowest BCUT2D eigenvalue weighted by Gasteiger charge is -2.39. The topological polar surface area (TPSA) is 70.2 Å². The minimum Gasteiger partial charge on any atom is -0.368 e. The van der Waals surface area contributed by atoms with Crippen molar-refractivity contribution in [1.29, 1.82) is 0 Å². The average molecular weight is 417 g/mol. The fraction of sp³-hybridized carbons (Fsp3) is 0.591. The zero-order valence-electron chi connectivity index (χ0n) is 17.1. The van der Waals surface area contributed by atoms with Gasteiger partial charge in [0.05, 0.1) is 5.92 Å². The van der Waals surface area contributed by atoms with Crippen LogP contribution in [0.25, 0.3) is 0 Å². The number of amides is 3. The maximum atomic E-state index is 13.1. The van der Waals surface area contributed by atoms with Crippen LogP contribution in [0.5, 0.6) is 0 Å². The summed E-state index contributed by atoms with van der Waals surface area (Å²) in [6.45, 7) is 3.70. The van der Waals surface area contributed by atoms with Crippen molar-refractivity contribution in [3.63, 3.8) is 0 Å². The Morgan fingerprint density at radius 1 is 0.833 bits per heavy atom. The summed E-state index contributed by atoms with van der Waals surface area (Å²) in [6, 6.07) is 5.51. The molecule has 8 heteroatoms. The Balaban J connectivity index is 1.30. The second kappa shape index (κ2) is 9.12. The highest BCUT2D eigenvalue weighted by atomic mass is 19.1. The first kappa shape index (κ1) is 20.8. The third-order valence-electron chi connectivity index (χ3n) is 6.26. The largest absolute Gasteiger partial charge is 0.368 e. The first-order chi connectivity index (χ1) is 14.5.